The zero-order valence-corrected chi connectivity index (χ0v) is 10.7. The van der Waals surface area contributed by atoms with Crippen molar-refractivity contribution in [2.45, 2.75) is 26.7 Å². The Hall–Kier alpha value is -1.98. The molecular weight excluding hydrogens is 255 g/mol. The fourth-order valence-corrected chi connectivity index (χ4v) is 1.99. The number of nitrogens with zero attached hydrogens (tertiary/aromatic N) is 2. The largest absolute Gasteiger partial charge is 0.396 e. The van der Waals surface area contributed by atoms with Crippen LogP contribution in [0, 0.1) is 17.5 Å². The van der Waals surface area contributed by atoms with Crippen LogP contribution in [-0.4, -0.2) is 9.78 Å². The normalized spacial score (nSPS) is 11.0. The molecular formula is C13H14F3N3. The highest BCUT2D eigenvalue weighted by Gasteiger charge is 2.17. The lowest BCUT2D eigenvalue weighted by Gasteiger charge is -2.07. The van der Waals surface area contributed by atoms with Crippen molar-refractivity contribution in [2.75, 3.05) is 5.73 Å². The summed E-state index contributed by atoms with van der Waals surface area (Å²) in [6.07, 6.45) is 1.16. The third-order valence-electron chi connectivity index (χ3n) is 2.98. The molecule has 1 aromatic carbocycles. The van der Waals surface area contributed by atoms with Gasteiger partial charge in [-0.15, -0.1) is 0 Å². The smallest absolute Gasteiger partial charge is 0.194 e. The van der Waals surface area contributed by atoms with Crippen LogP contribution in [0.15, 0.2) is 12.1 Å². The summed E-state index contributed by atoms with van der Waals surface area (Å²) in [6.45, 7) is 3.74. The molecule has 0 radical (unpaired) electrons. The van der Waals surface area contributed by atoms with Crippen LogP contribution in [0.25, 0.3) is 5.69 Å². The van der Waals surface area contributed by atoms with Crippen LogP contribution in [0.4, 0.5) is 18.9 Å². The first-order valence-electron chi connectivity index (χ1n) is 6.00. The van der Waals surface area contributed by atoms with E-state index >= 15 is 0 Å². The predicted molar refractivity (Wildman–Crippen MR) is 66.6 cm³/mol. The predicted octanol–water partition coefficient (Wildman–Crippen LogP) is 3.00. The van der Waals surface area contributed by atoms with E-state index in [0.29, 0.717) is 29.9 Å². The first-order chi connectivity index (χ1) is 8.99. The van der Waals surface area contributed by atoms with Gasteiger partial charge in [0, 0.05) is 12.1 Å². The monoisotopic (exact) mass is 269 g/mol. The van der Waals surface area contributed by atoms with Gasteiger partial charge in [-0.2, -0.15) is 5.10 Å². The van der Waals surface area contributed by atoms with Gasteiger partial charge in [0.2, 0.25) is 0 Å². The van der Waals surface area contributed by atoms with E-state index in [4.69, 9.17) is 5.73 Å². The van der Waals surface area contributed by atoms with Crippen LogP contribution in [0.2, 0.25) is 0 Å². The Balaban J connectivity index is 2.65. The van der Waals surface area contributed by atoms with Crippen molar-refractivity contribution in [2.24, 2.45) is 0 Å². The number of aromatic nitrogens is 2. The number of nitrogen functional groups attached to an aromatic ring is 1. The second-order valence-electron chi connectivity index (χ2n) is 4.15. The van der Waals surface area contributed by atoms with Crippen LogP contribution in [0.5, 0.6) is 0 Å². The molecule has 2 N–H and O–H groups in total. The Labute approximate surface area is 108 Å². The summed E-state index contributed by atoms with van der Waals surface area (Å²) >= 11 is 0. The molecule has 0 bridgehead atoms. The zero-order chi connectivity index (χ0) is 14.2. The highest BCUT2D eigenvalue weighted by molar-refractivity contribution is 5.52. The van der Waals surface area contributed by atoms with Crippen molar-refractivity contribution in [3.63, 3.8) is 0 Å². The summed E-state index contributed by atoms with van der Waals surface area (Å²) < 4.78 is 40.8. The summed E-state index contributed by atoms with van der Waals surface area (Å²) in [5, 5.41) is 4.22. The van der Waals surface area contributed by atoms with Gasteiger partial charge in [0.1, 0.15) is 0 Å². The number of halogens is 3. The lowest BCUT2D eigenvalue weighted by molar-refractivity contribution is 0.445. The van der Waals surface area contributed by atoms with E-state index in [1.807, 2.05) is 13.8 Å². The molecule has 0 unspecified atom stereocenters. The van der Waals surface area contributed by atoms with Gasteiger partial charge in [-0.25, -0.2) is 17.9 Å². The van der Waals surface area contributed by atoms with Gasteiger partial charge in [0.15, 0.2) is 17.5 Å². The van der Waals surface area contributed by atoms with Crippen molar-refractivity contribution in [3.8, 4) is 5.69 Å². The molecule has 0 spiro atoms. The molecule has 102 valence electrons. The quantitative estimate of drug-likeness (QED) is 0.870. The summed E-state index contributed by atoms with van der Waals surface area (Å²) in [4.78, 5) is 0. The fourth-order valence-electron chi connectivity index (χ4n) is 1.99. The van der Waals surface area contributed by atoms with Gasteiger partial charge in [-0.1, -0.05) is 13.8 Å². The lowest BCUT2D eigenvalue weighted by Crippen LogP contribution is -2.05. The second kappa shape index (κ2) is 4.95. The van der Waals surface area contributed by atoms with E-state index in [1.165, 1.54) is 4.68 Å². The number of aryl methyl sites for hydroxylation is 1. The van der Waals surface area contributed by atoms with E-state index in [0.717, 1.165) is 12.1 Å². The van der Waals surface area contributed by atoms with E-state index in [9.17, 15) is 13.2 Å². The molecule has 0 fully saturated rings. The molecule has 1 heterocycles. The molecule has 2 rings (SSSR count). The second-order valence-corrected chi connectivity index (χ2v) is 4.15. The Morgan fingerprint density at radius 1 is 1.11 bits per heavy atom. The third kappa shape index (κ3) is 2.18. The maximum atomic E-state index is 13.3. The minimum Gasteiger partial charge on any atom is -0.396 e. The maximum Gasteiger partial charge on any atom is 0.194 e. The number of hydrogen-bond donors (Lipinski definition) is 1. The van der Waals surface area contributed by atoms with Crippen molar-refractivity contribution in [1.82, 2.24) is 9.78 Å². The molecule has 3 nitrogen and oxygen atoms in total. The van der Waals surface area contributed by atoms with E-state index in [1.54, 1.807) is 0 Å². The average molecular weight is 269 g/mol. The third-order valence-corrected chi connectivity index (χ3v) is 2.98. The Bertz CT molecular complexity index is 597. The van der Waals surface area contributed by atoms with Crippen LogP contribution in [0.3, 0.4) is 0 Å². The van der Waals surface area contributed by atoms with Gasteiger partial charge < -0.3 is 5.73 Å². The summed E-state index contributed by atoms with van der Waals surface area (Å²) in [5.74, 6) is -3.98. The van der Waals surface area contributed by atoms with Crippen molar-refractivity contribution in [3.05, 3.63) is 41.0 Å². The molecule has 0 aliphatic carbocycles. The number of nitrogens with two attached hydrogens (primary N) is 1. The van der Waals surface area contributed by atoms with E-state index < -0.39 is 17.5 Å². The topological polar surface area (TPSA) is 43.8 Å². The van der Waals surface area contributed by atoms with Crippen molar-refractivity contribution < 1.29 is 13.2 Å². The number of anilines is 1. The fraction of sp³-hybridized carbons (Fsp3) is 0.308. The van der Waals surface area contributed by atoms with Crippen LogP contribution >= 0.6 is 0 Å². The Morgan fingerprint density at radius 2 is 1.68 bits per heavy atom. The van der Waals surface area contributed by atoms with Gasteiger partial charge in [0.25, 0.3) is 0 Å². The SMILES string of the molecule is CCc1nn(-c2cc(F)c(F)c(F)c2)c(CC)c1N. The average Bonchev–Trinajstić information content (AvgIpc) is 2.71. The molecule has 0 saturated heterocycles. The van der Waals surface area contributed by atoms with E-state index in [2.05, 4.69) is 5.10 Å². The summed E-state index contributed by atoms with van der Waals surface area (Å²) in [6, 6.07) is 1.81. The van der Waals surface area contributed by atoms with Gasteiger partial charge in [-0.3, -0.25) is 0 Å². The molecule has 0 aliphatic rings. The Kier molecular flexibility index (Phi) is 3.50. The van der Waals surface area contributed by atoms with Crippen molar-refractivity contribution >= 4 is 5.69 Å². The van der Waals surface area contributed by atoms with E-state index in [-0.39, 0.29) is 5.69 Å². The highest BCUT2D eigenvalue weighted by Crippen LogP contribution is 2.24. The molecule has 6 heteroatoms. The van der Waals surface area contributed by atoms with Crippen LogP contribution < -0.4 is 5.73 Å². The molecule has 2 aromatic rings. The maximum absolute atomic E-state index is 13.3. The first kappa shape index (κ1) is 13.5. The lowest BCUT2D eigenvalue weighted by atomic mass is 10.2. The minimum atomic E-state index is -1.49. The molecule has 0 amide bonds. The molecule has 1 aromatic heterocycles. The Morgan fingerprint density at radius 3 is 2.16 bits per heavy atom. The first-order valence-corrected chi connectivity index (χ1v) is 6.00. The van der Waals surface area contributed by atoms with Crippen molar-refractivity contribution in [1.29, 1.82) is 0 Å². The zero-order valence-electron chi connectivity index (χ0n) is 10.7. The molecule has 19 heavy (non-hydrogen) atoms. The molecule has 0 aliphatic heterocycles. The summed E-state index contributed by atoms with van der Waals surface area (Å²) in [5.41, 5.74) is 7.87. The molecule has 0 saturated carbocycles. The number of hydrogen-bond acceptors (Lipinski definition) is 2. The van der Waals surface area contributed by atoms with Gasteiger partial charge >= 0.3 is 0 Å². The number of benzene rings is 1. The van der Waals surface area contributed by atoms with Crippen LogP contribution in [0.1, 0.15) is 25.2 Å². The van der Waals surface area contributed by atoms with Gasteiger partial charge in [-0.05, 0) is 12.8 Å². The molecule has 0 atom stereocenters. The summed E-state index contributed by atoms with van der Waals surface area (Å²) in [7, 11) is 0. The minimum absolute atomic E-state index is 0.125. The standard InChI is InChI=1S/C13H14F3N3/c1-3-10-13(17)11(4-2)19(18-10)7-5-8(14)12(16)9(15)6-7/h5-6H,3-4,17H2,1-2H3. The number of rotatable bonds is 3. The van der Waals surface area contributed by atoms with Crippen LogP contribution in [-0.2, 0) is 12.8 Å². The highest BCUT2D eigenvalue weighted by atomic mass is 19.2. The van der Waals surface area contributed by atoms with Gasteiger partial charge in [0.05, 0.1) is 22.8 Å².